The van der Waals surface area contributed by atoms with Crippen LogP contribution < -0.4 is 16.4 Å². The third-order valence-corrected chi connectivity index (χ3v) is 3.53. The van der Waals surface area contributed by atoms with Gasteiger partial charge in [0.1, 0.15) is 0 Å². The minimum absolute atomic E-state index is 0.207. The van der Waals surface area contributed by atoms with E-state index >= 15 is 0 Å². The summed E-state index contributed by atoms with van der Waals surface area (Å²) >= 11 is 0. The number of hydrogen-bond donors (Lipinski definition) is 3. The second-order valence-electron chi connectivity index (χ2n) is 5.10. The molecule has 0 aromatic carbocycles. The summed E-state index contributed by atoms with van der Waals surface area (Å²) in [6.45, 7) is 4.97. The largest absolute Gasteiger partial charge is 0.352 e. The Hall–Kier alpha value is -0.610. The number of carbonyl (C=O) groups excluding carboxylic acids is 1. The molecule has 0 aliphatic carbocycles. The van der Waals surface area contributed by atoms with Gasteiger partial charge in [-0.05, 0) is 38.3 Å². The van der Waals surface area contributed by atoms with Gasteiger partial charge in [-0.25, -0.2) is 0 Å². The molecule has 17 heavy (non-hydrogen) atoms. The minimum Gasteiger partial charge on any atom is -0.352 e. The van der Waals surface area contributed by atoms with E-state index in [0.29, 0.717) is 18.4 Å². The van der Waals surface area contributed by atoms with Crippen LogP contribution >= 0.6 is 0 Å². The van der Waals surface area contributed by atoms with Crippen molar-refractivity contribution in [3.63, 3.8) is 0 Å². The van der Waals surface area contributed by atoms with Crippen molar-refractivity contribution in [3.8, 4) is 0 Å². The van der Waals surface area contributed by atoms with E-state index in [1.54, 1.807) is 0 Å². The van der Waals surface area contributed by atoms with Gasteiger partial charge in [0.2, 0.25) is 5.91 Å². The van der Waals surface area contributed by atoms with Crippen LogP contribution in [0, 0.1) is 5.92 Å². The first-order chi connectivity index (χ1) is 8.24. The lowest BCUT2D eigenvalue weighted by atomic mass is 9.94. The zero-order chi connectivity index (χ0) is 12.5. The van der Waals surface area contributed by atoms with Gasteiger partial charge < -0.3 is 16.4 Å². The number of rotatable bonds is 7. The minimum atomic E-state index is 0.207. The van der Waals surface area contributed by atoms with Gasteiger partial charge in [-0.3, -0.25) is 4.79 Å². The Kier molecular flexibility index (Phi) is 7.21. The summed E-state index contributed by atoms with van der Waals surface area (Å²) in [5, 5.41) is 6.46. The van der Waals surface area contributed by atoms with Gasteiger partial charge in [-0.1, -0.05) is 19.8 Å². The molecule has 0 aromatic rings. The Bertz CT molecular complexity index is 221. The molecule has 4 N–H and O–H groups in total. The molecule has 4 nitrogen and oxygen atoms in total. The lowest BCUT2D eigenvalue weighted by Gasteiger charge is -2.30. The highest BCUT2D eigenvalue weighted by Gasteiger charge is 2.21. The maximum absolute atomic E-state index is 11.7. The Labute approximate surface area is 105 Å². The number of carbonyl (C=O) groups is 1. The molecule has 1 amide bonds. The van der Waals surface area contributed by atoms with Gasteiger partial charge in [0.25, 0.3) is 0 Å². The number of nitrogens with one attached hydrogen (secondary N) is 2. The maximum atomic E-state index is 11.7. The van der Waals surface area contributed by atoms with Gasteiger partial charge in [0.05, 0.1) is 0 Å². The van der Waals surface area contributed by atoms with Crippen LogP contribution in [0.1, 0.15) is 45.4 Å². The second-order valence-corrected chi connectivity index (χ2v) is 5.10. The second kappa shape index (κ2) is 8.48. The van der Waals surface area contributed by atoms with Crippen LogP contribution in [0.3, 0.4) is 0 Å². The quantitative estimate of drug-likeness (QED) is 0.583. The Morgan fingerprint density at radius 1 is 1.35 bits per heavy atom. The lowest BCUT2D eigenvalue weighted by molar-refractivity contribution is -0.122. The molecular weight excluding hydrogens is 214 g/mol. The van der Waals surface area contributed by atoms with Crippen LogP contribution in [0.4, 0.5) is 0 Å². The molecule has 1 rings (SSSR count). The van der Waals surface area contributed by atoms with Gasteiger partial charge in [-0.15, -0.1) is 0 Å². The predicted molar refractivity (Wildman–Crippen MR) is 70.7 cm³/mol. The van der Waals surface area contributed by atoms with Crippen molar-refractivity contribution in [2.45, 2.75) is 51.5 Å². The molecule has 0 aromatic heterocycles. The van der Waals surface area contributed by atoms with Crippen molar-refractivity contribution < 1.29 is 4.79 Å². The zero-order valence-corrected chi connectivity index (χ0v) is 11.0. The first-order valence-corrected chi connectivity index (χ1v) is 6.94. The summed E-state index contributed by atoms with van der Waals surface area (Å²) in [6.07, 6.45) is 6.13. The van der Waals surface area contributed by atoms with Crippen LogP contribution in [-0.2, 0) is 4.79 Å². The first kappa shape index (κ1) is 14.5. The average molecular weight is 241 g/mol. The Morgan fingerprint density at radius 3 is 2.82 bits per heavy atom. The Balaban J connectivity index is 2.07. The monoisotopic (exact) mass is 241 g/mol. The van der Waals surface area contributed by atoms with Gasteiger partial charge in [0.15, 0.2) is 0 Å². The molecule has 0 spiro atoms. The summed E-state index contributed by atoms with van der Waals surface area (Å²) < 4.78 is 0. The smallest absolute Gasteiger partial charge is 0.220 e. The molecular formula is C13H27N3O. The molecule has 1 aliphatic rings. The summed E-state index contributed by atoms with van der Waals surface area (Å²) in [7, 11) is 0. The summed E-state index contributed by atoms with van der Waals surface area (Å²) in [6, 6.07) is 0.320. The van der Waals surface area contributed by atoms with E-state index in [1.165, 1.54) is 0 Å². The number of piperidine rings is 1. The predicted octanol–water partition coefficient (Wildman–Crippen LogP) is 1.01. The zero-order valence-electron chi connectivity index (χ0n) is 11.0. The van der Waals surface area contributed by atoms with Crippen LogP contribution in [0.15, 0.2) is 0 Å². The van der Waals surface area contributed by atoms with E-state index in [0.717, 1.165) is 51.7 Å². The van der Waals surface area contributed by atoms with Gasteiger partial charge in [0, 0.05) is 19.0 Å². The van der Waals surface area contributed by atoms with E-state index in [2.05, 4.69) is 17.6 Å². The molecule has 0 bridgehead atoms. The summed E-state index contributed by atoms with van der Waals surface area (Å²) in [4.78, 5) is 11.7. The molecule has 1 aliphatic heterocycles. The third-order valence-electron chi connectivity index (χ3n) is 3.53. The van der Waals surface area contributed by atoms with Crippen molar-refractivity contribution in [2.24, 2.45) is 11.7 Å². The van der Waals surface area contributed by atoms with Gasteiger partial charge in [-0.2, -0.15) is 0 Å². The molecule has 0 radical (unpaired) electrons. The molecule has 2 unspecified atom stereocenters. The standard InChI is InChI=1S/C13H27N3O/c1-11-7-9-15-10-12(11)16-13(17)6-4-2-3-5-8-14/h11-12,15H,2-10,14H2,1H3,(H,16,17). The van der Waals surface area contributed by atoms with Crippen molar-refractivity contribution in [3.05, 3.63) is 0 Å². The highest BCUT2D eigenvalue weighted by atomic mass is 16.1. The molecule has 2 atom stereocenters. The molecule has 1 fully saturated rings. The molecule has 1 heterocycles. The lowest BCUT2D eigenvalue weighted by Crippen LogP contribution is -2.50. The highest BCUT2D eigenvalue weighted by molar-refractivity contribution is 5.76. The van der Waals surface area contributed by atoms with Crippen molar-refractivity contribution in [2.75, 3.05) is 19.6 Å². The van der Waals surface area contributed by atoms with Crippen molar-refractivity contribution in [1.82, 2.24) is 10.6 Å². The molecule has 1 saturated heterocycles. The fraction of sp³-hybridized carbons (Fsp3) is 0.923. The fourth-order valence-corrected chi connectivity index (χ4v) is 2.25. The van der Waals surface area contributed by atoms with Crippen molar-refractivity contribution in [1.29, 1.82) is 0 Å². The van der Waals surface area contributed by atoms with E-state index in [1.807, 2.05) is 0 Å². The molecule has 0 saturated carbocycles. The molecule has 100 valence electrons. The average Bonchev–Trinajstić information content (AvgIpc) is 2.32. The third kappa shape index (κ3) is 6.03. The van der Waals surface area contributed by atoms with E-state index in [4.69, 9.17) is 5.73 Å². The highest BCUT2D eigenvalue weighted by Crippen LogP contribution is 2.11. The number of amides is 1. The maximum Gasteiger partial charge on any atom is 0.220 e. The number of hydrogen-bond acceptors (Lipinski definition) is 3. The van der Waals surface area contributed by atoms with Crippen LogP contribution in [0.25, 0.3) is 0 Å². The van der Waals surface area contributed by atoms with Gasteiger partial charge >= 0.3 is 0 Å². The van der Waals surface area contributed by atoms with Crippen LogP contribution in [-0.4, -0.2) is 31.6 Å². The number of unbranched alkanes of at least 4 members (excludes halogenated alkanes) is 3. The van der Waals surface area contributed by atoms with E-state index < -0.39 is 0 Å². The van der Waals surface area contributed by atoms with E-state index in [9.17, 15) is 4.79 Å². The topological polar surface area (TPSA) is 67.1 Å². The molecule has 4 heteroatoms. The summed E-state index contributed by atoms with van der Waals surface area (Å²) in [5.74, 6) is 0.802. The van der Waals surface area contributed by atoms with Crippen LogP contribution in [0.5, 0.6) is 0 Å². The van der Waals surface area contributed by atoms with Crippen molar-refractivity contribution >= 4 is 5.91 Å². The Morgan fingerprint density at radius 2 is 2.12 bits per heavy atom. The number of nitrogens with two attached hydrogens (primary N) is 1. The van der Waals surface area contributed by atoms with Crippen LogP contribution in [0.2, 0.25) is 0 Å². The fourth-order valence-electron chi connectivity index (χ4n) is 2.25. The summed E-state index contributed by atoms with van der Waals surface area (Å²) in [5.41, 5.74) is 5.42. The SMILES string of the molecule is CC1CCNCC1NC(=O)CCCCCCN. The van der Waals surface area contributed by atoms with E-state index in [-0.39, 0.29) is 5.91 Å². The normalized spacial score (nSPS) is 24.6. The first-order valence-electron chi connectivity index (χ1n) is 6.94.